The zero-order valence-electron chi connectivity index (χ0n) is 50.8. The minimum absolute atomic E-state index is 0.0487. The third-order valence-corrected chi connectivity index (χ3v) is 14.6. The number of nitrogens with two attached hydrogens (primary N) is 1. The van der Waals surface area contributed by atoms with Gasteiger partial charge in [-0.1, -0.05) is 277 Å². The molecular weight excluding hydrogens is 1000 g/mol. The molecule has 9 nitrogen and oxygen atoms in total. The Labute approximate surface area is 486 Å². The molecule has 79 heavy (non-hydrogen) atoms. The largest absolute Gasteiger partial charge is 0.472 e. The van der Waals surface area contributed by atoms with Crippen LogP contribution >= 0.6 is 7.82 Å². The zero-order valence-corrected chi connectivity index (χ0v) is 51.7. The number of phosphoric ester groups is 1. The molecule has 0 aliphatic carbocycles. The van der Waals surface area contributed by atoms with Gasteiger partial charge in [0.05, 0.1) is 13.2 Å². The molecule has 0 radical (unpaired) electrons. The average molecular weight is 1120 g/mol. The normalized spacial score (nSPS) is 13.7. The fraction of sp³-hybridized carbons (Fsp3) is 0.710. The summed E-state index contributed by atoms with van der Waals surface area (Å²) in [7, 11) is -4.40. The molecule has 0 rings (SSSR count). The Kier molecular flexibility index (Phi) is 61.2. The topological polar surface area (TPSA) is 134 Å². The standard InChI is InChI=1S/C69H120NO8P/c1-3-5-7-9-11-13-15-17-19-21-23-25-27-28-29-30-31-32-33-34-35-36-37-38-40-42-44-46-48-50-52-54-56-58-60-62-69(72)78-67(66-77-79(73,74)76-64-63-70)65-75-68(71)61-59-57-55-53-51-49-47-45-43-41-39-26-24-22-20-18-16-14-12-10-8-6-4-2/h5,7,11,13,17,19,22-25,28-29,31-32,34-35,37-38,67H,3-4,6,8-10,12,14-16,18,20-21,26-27,30,33,36,39-66,70H2,1-2H3,(H,73,74)/b7-5-,13-11-,19-17-,24-22-,25-23-,29-28-,32-31-,35-34-,38-37-. The SMILES string of the molecule is CC/C=C\C/C=C\C/C=C\C/C=C\C/C=C\C/C=C\C/C=C\C/C=C\CCCCCCCCCCCCC(=O)OC(COC(=O)CCCCCCCCCCCCC/C=C\CCCCCCCCCC)COP(=O)(O)OCCN. The van der Waals surface area contributed by atoms with E-state index in [1.165, 1.54) is 154 Å². The van der Waals surface area contributed by atoms with Crippen LogP contribution in [0.5, 0.6) is 0 Å². The molecule has 0 aliphatic rings. The van der Waals surface area contributed by atoms with E-state index in [1.807, 2.05) is 0 Å². The number of phosphoric acid groups is 1. The highest BCUT2D eigenvalue weighted by atomic mass is 31.2. The summed E-state index contributed by atoms with van der Waals surface area (Å²) in [6.07, 6.45) is 87.3. The first-order chi connectivity index (χ1) is 38.8. The van der Waals surface area contributed by atoms with Gasteiger partial charge in [-0.15, -0.1) is 0 Å². The van der Waals surface area contributed by atoms with Crippen LogP contribution in [0.25, 0.3) is 0 Å². The molecule has 0 amide bonds. The molecule has 0 aliphatic heterocycles. The van der Waals surface area contributed by atoms with Crippen LogP contribution in [0.2, 0.25) is 0 Å². The average Bonchev–Trinajstić information content (AvgIpc) is 3.44. The van der Waals surface area contributed by atoms with Crippen LogP contribution in [-0.2, 0) is 32.7 Å². The molecule has 0 fully saturated rings. The first-order valence-electron chi connectivity index (χ1n) is 32.4. The highest BCUT2D eigenvalue weighted by molar-refractivity contribution is 7.47. The lowest BCUT2D eigenvalue weighted by molar-refractivity contribution is -0.161. The second-order valence-electron chi connectivity index (χ2n) is 21.2. The lowest BCUT2D eigenvalue weighted by Crippen LogP contribution is -2.29. The van der Waals surface area contributed by atoms with Crippen LogP contribution in [0.1, 0.15) is 284 Å². The summed E-state index contributed by atoms with van der Waals surface area (Å²) in [6, 6.07) is 0. The van der Waals surface area contributed by atoms with Crippen LogP contribution < -0.4 is 5.73 Å². The maximum Gasteiger partial charge on any atom is 0.472 e. The van der Waals surface area contributed by atoms with Gasteiger partial charge in [-0.05, 0) is 103 Å². The van der Waals surface area contributed by atoms with Crippen molar-refractivity contribution >= 4 is 19.8 Å². The van der Waals surface area contributed by atoms with E-state index in [0.717, 1.165) is 96.3 Å². The Hall–Kier alpha value is -3.33. The van der Waals surface area contributed by atoms with Crippen molar-refractivity contribution in [3.8, 4) is 0 Å². The number of ether oxygens (including phenoxy) is 2. The van der Waals surface area contributed by atoms with E-state index in [-0.39, 0.29) is 38.6 Å². The number of hydrogen-bond acceptors (Lipinski definition) is 8. The summed E-state index contributed by atoms with van der Waals surface area (Å²) >= 11 is 0. The molecule has 0 aromatic heterocycles. The molecule has 0 bridgehead atoms. The van der Waals surface area contributed by atoms with Crippen molar-refractivity contribution in [3.63, 3.8) is 0 Å². The summed E-state index contributed by atoms with van der Waals surface area (Å²) in [4.78, 5) is 35.3. The quantitative estimate of drug-likeness (QED) is 0.0264. The maximum absolute atomic E-state index is 12.7. The second kappa shape index (κ2) is 63.8. The first kappa shape index (κ1) is 75.7. The highest BCUT2D eigenvalue weighted by Gasteiger charge is 2.26. The minimum atomic E-state index is -4.40. The lowest BCUT2D eigenvalue weighted by atomic mass is 10.0. The van der Waals surface area contributed by atoms with Crippen molar-refractivity contribution in [2.24, 2.45) is 5.73 Å². The van der Waals surface area contributed by atoms with Crippen LogP contribution in [0, 0.1) is 0 Å². The van der Waals surface area contributed by atoms with E-state index in [9.17, 15) is 19.0 Å². The van der Waals surface area contributed by atoms with Crippen molar-refractivity contribution in [1.82, 2.24) is 0 Å². The molecule has 0 saturated carbocycles. The van der Waals surface area contributed by atoms with E-state index in [2.05, 4.69) is 123 Å². The number of carbonyl (C=O) groups is 2. The molecule has 10 heteroatoms. The van der Waals surface area contributed by atoms with Gasteiger partial charge < -0.3 is 20.1 Å². The molecule has 2 unspecified atom stereocenters. The van der Waals surface area contributed by atoms with E-state index >= 15 is 0 Å². The van der Waals surface area contributed by atoms with Crippen LogP contribution in [-0.4, -0.2) is 49.3 Å². The van der Waals surface area contributed by atoms with Gasteiger partial charge in [0.1, 0.15) is 6.61 Å². The summed E-state index contributed by atoms with van der Waals surface area (Å²) in [5.74, 6) is -0.831. The molecule has 2 atom stereocenters. The fourth-order valence-electron chi connectivity index (χ4n) is 8.88. The predicted molar refractivity (Wildman–Crippen MR) is 339 cm³/mol. The molecule has 3 N–H and O–H groups in total. The van der Waals surface area contributed by atoms with Crippen molar-refractivity contribution in [1.29, 1.82) is 0 Å². The van der Waals surface area contributed by atoms with Crippen LogP contribution in [0.3, 0.4) is 0 Å². The van der Waals surface area contributed by atoms with Crippen LogP contribution in [0.15, 0.2) is 109 Å². The van der Waals surface area contributed by atoms with Gasteiger partial charge in [0.15, 0.2) is 6.10 Å². The van der Waals surface area contributed by atoms with Gasteiger partial charge in [0.25, 0.3) is 0 Å². The van der Waals surface area contributed by atoms with Crippen molar-refractivity contribution in [2.75, 3.05) is 26.4 Å². The van der Waals surface area contributed by atoms with Crippen molar-refractivity contribution in [2.45, 2.75) is 290 Å². The van der Waals surface area contributed by atoms with Crippen molar-refractivity contribution in [3.05, 3.63) is 109 Å². The first-order valence-corrected chi connectivity index (χ1v) is 33.9. The second-order valence-corrected chi connectivity index (χ2v) is 22.7. The molecule has 0 aromatic carbocycles. The Bertz CT molecular complexity index is 1660. The monoisotopic (exact) mass is 1120 g/mol. The van der Waals surface area contributed by atoms with E-state index in [1.54, 1.807) is 0 Å². The third-order valence-electron chi connectivity index (χ3n) is 13.6. The molecule has 0 saturated heterocycles. The Morgan fingerprint density at radius 1 is 0.392 bits per heavy atom. The Morgan fingerprint density at radius 2 is 0.696 bits per heavy atom. The minimum Gasteiger partial charge on any atom is -0.462 e. The third kappa shape index (κ3) is 63.7. The molecule has 0 spiro atoms. The Morgan fingerprint density at radius 3 is 1.05 bits per heavy atom. The summed E-state index contributed by atoms with van der Waals surface area (Å²) in [6.45, 7) is 3.64. The van der Waals surface area contributed by atoms with Gasteiger partial charge in [0.2, 0.25) is 0 Å². The molecular formula is C69H120NO8P. The fourth-order valence-corrected chi connectivity index (χ4v) is 9.65. The number of esters is 2. The predicted octanol–water partition coefficient (Wildman–Crippen LogP) is 21.0. The van der Waals surface area contributed by atoms with Gasteiger partial charge in [-0.2, -0.15) is 0 Å². The summed E-state index contributed by atoms with van der Waals surface area (Å²) in [5.41, 5.74) is 5.39. The van der Waals surface area contributed by atoms with Gasteiger partial charge >= 0.3 is 19.8 Å². The van der Waals surface area contributed by atoms with Gasteiger partial charge in [-0.3, -0.25) is 18.6 Å². The van der Waals surface area contributed by atoms with E-state index in [0.29, 0.717) is 6.42 Å². The van der Waals surface area contributed by atoms with Gasteiger partial charge in [0, 0.05) is 19.4 Å². The number of allylic oxidation sites excluding steroid dienone is 18. The lowest BCUT2D eigenvalue weighted by Gasteiger charge is -2.19. The number of hydrogen-bond donors (Lipinski definition) is 2. The Balaban J connectivity index is 3.96. The summed E-state index contributed by atoms with van der Waals surface area (Å²) in [5, 5.41) is 0. The summed E-state index contributed by atoms with van der Waals surface area (Å²) < 4.78 is 33.1. The maximum atomic E-state index is 12.7. The van der Waals surface area contributed by atoms with Crippen molar-refractivity contribution < 1.29 is 37.6 Å². The smallest absolute Gasteiger partial charge is 0.462 e. The van der Waals surface area contributed by atoms with E-state index in [4.69, 9.17) is 24.3 Å². The molecule has 0 heterocycles. The molecule has 454 valence electrons. The number of unbranched alkanes of at least 4 members (excludes halogenated alkanes) is 29. The number of carbonyl (C=O) groups excluding carboxylic acids is 2. The highest BCUT2D eigenvalue weighted by Crippen LogP contribution is 2.43. The zero-order chi connectivity index (χ0) is 57.3. The number of rotatable bonds is 60. The van der Waals surface area contributed by atoms with Crippen LogP contribution in [0.4, 0.5) is 0 Å². The van der Waals surface area contributed by atoms with Gasteiger partial charge in [-0.25, -0.2) is 4.57 Å². The van der Waals surface area contributed by atoms with E-state index < -0.39 is 26.5 Å². The molecule has 0 aromatic rings.